The monoisotopic (exact) mass is 325 g/mol. The molecule has 1 fully saturated rings. The van der Waals surface area contributed by atoms with Crippen molar-refractivity contribution in [2.24, 2.45) is 0 Å². The molecule has 0 radical (unpaired) electrons. The Kier molecular flexibility index (Phi) is 4.06. The van der Waals surface area contributed by atoms with Gasteiger partial charge >= 0.3 is 0 Å². The highest BCUT2D eigenvalue weighted by Crippen LogP contribution is 2.29. The SMILES string of the molecule is O=S1(=O)CCC(NCc2ccc(-c3ccccc3Cl)o2)C1. The summed E-state index contributed by atoms with van der Waals surface area (Å²) in [5.41, 5.74) is 0.855. The van der Waals surface area contributed by atoms with E-state index in [0.29, 0.717) is 18.0 Å². The molecule has 1 saturated heterocycles. The van der Waals surface area contributed by atoms with E-state index in [1.54, 1.807) is 0 Å². The van der Waals surface area contributed by atoms with Crippen molar-refractivity contribution in [1.29, 1.82) is 0 Å². The highest BCUT2D eigenvalue weighted by Gasteiger charge is 2.27. The Morgan fingerprint density at radius 3 is 2.76 bits per heavy atom. The quantitative estimate of drug-likeness (QED) is 0.939. The van der Waals surface area contributed by atoms with Gasteiger partial charge < -0.3 is 9.73 Å². The van der Waals surface area contributed by atoms with Gasteiger partial charge in [-0.2, -0.15) is 0 Å². The minimum absolute atomic E-state index is 0.0175. The molecule has 0 bridgehead atoms. The van der Waals surface area contributed by atoms with Gasteiger partial charge in [0.1, 0.15) is 11.5 Å². The molecule has 0 saturated carbocycles. The summed E-state index contributed by atoms with van der Waals surface area (Å²) < 4.78 is 28.6. The lowest BCUT2D eigenvalue weighted by molar-refractivity contribution is 0.464. The van der Waals surface area contributed by atoms with E-state index in [1.165, 1.54) is 0 Å². The largest absolute Gasteiger partial charge is 0.460 e. The fraction of sp³-hybridized carbons (Fsp3) is 0.333. The predicted molar refractivity (Wildman–Crippen MR) is 83.1 cm³/mol. The van der Waals surface area contributed by atoms with Crippen molar-refractivity contribution < 1.29 is 12.8 Å². The number of furan rings is 1. The van der Waals surface area contributed by atoms with Crippen molar-refractivity contribution in [3.8, 4) is 11.3 Å². The molecule has 2 aromatic rings. The van der Waals surface area contributed by atoms with Gasteiger partial charge in [-0.1, -0.05) is 23.7 Å². The first-order chi connectivity index (χ1) is 10.0. The van der Waals surface area contributed by atoms with E-state index in [1.807, 2.05) is 36.4 Å². The molecule has 1 aliphatic rings. The molecular weight excluding hydrogens is 310 g/mol. The number of halogens is 1. The van der Waals surface area contributed by atoms with Crippen LogP contribution >= 0.6 is 11.6 Å². The highest BCUT2D eigenvalue weighted by molar-refractivity contribution is 7.91. The second-order valence-electron chi connectivity index (χ2n) is 5.23. The van der Waals surface area contributed by atoms with Crippen molar-refractivity contribution in [2.45, 2.75) is 19.0 Å². The summed E-state index contributed by atoms with van der Waals surface area (Å²) in [5, 5.41) is 3.87. The van der Waals surface area contributed by atoms with Crippen LogP contribution in [0.4, 0.5) is 0 Å². The van der Waals surface area contributed by atoms with E-state index < -0.39 is 9.84 Å². The van der Waals surface area contributed by atoms with E-state index >= 15 is 0 Å². The van der Waals surface area contributed by atoms with Gasteiger partial charge in [0.15, 0.2) is 9.84 Å². The van der Waals surface area contributed by atoms with Gasteiger partial charge in [0.25, 0.3) is 0 Å². The van der Waals surface area contributed by atoms with Crippen molar-refractivity contribution in [3.05, 3.63) is 47.2 Å². The van der Waals surface area contributed by atoms with Gasteiger partial charge in [-0.15, -0.1) is 0 Å². The van der Waals surface area contributed by atoms with Gasteiger partial charge in [-0.05, 0) is 30.7 Å². The summed E-state index contributed by atoms with van der Waals surface area (Å²) in [6.45, 7) is 0.518. The van der Waals surface area contributed by atoms with Gasteiger partial charge in [0, 0.05) is 11.6 Å². The third-order valence-corrected chi connectivity index (χ3v) is 5.70. The molecule has 1 aliphatic heterocycles. The first-order valence-electron chi connectivity index (χ1n) is 6.81. The van der Waals surface area contributed by atoms with E-state index in [0.717, 1.165) is 17.1 Å². The van der Waals surface area contributed by atoms with E-state index in [2.05, 4.69) is 5.32 Å². The minimum atomic E-state index is -2.85. The van der Waals surface area contributed by atoms with Gasteiger partial charge in [0.2, 0.25) is 0 Å². The zero-order valence-corrected chi connectivity index (χ0v) is 13.0. The molecule has 3 rings (SSSR count). The molecule has 0 amide bonds. The fourth-order valence-electron chi connectivity index (χ4n) is 2.48. The summed E-state index contributed by atoms with van der Waals surface area (Å²) in [4.78, 5) is 0. The number of nitrogens with one attached hydrogen (secondary N) is 1. The summed E-state index contributed by atoms with van der Waals surface area (Å²) in [6.07, 6.45) is 0.667. The molecule has 6 heteroatoms. The zero-order valence-electron chi connectivity index (χ0n) is 11.4. The highest BCUT2D eigenvalue weighted by atomic mass is 35.5. The van der Waals surface area contributed by atoms with Crippen molar-refractivity contribution in [1.82, 2.24) is 5.32 Å². The maximum absolute atomic E-state index is 11.4. The second kappa shape index (κ2) is 5.83. The molecule has 1 aromatic heterocycles. The number of sulfone groups is 1. The Morgan fingerprint density at radius 1 is 1.24 bits per heavy atom. The lowest BCUT2D eigenvalue weighted by Crippen LogP contribution is -2.29. The molecular formula is C15H16ClNO3S. The first kappa shape index (κ1) is 14.6. The summed E-state index contributed by atoms with van der Waals surface area (Å²) >= 11 is 6.14. The first-order valence-corrected chi connectivity index (χ1v) is 9.01. The van der Waals surface area contributed by atoms with Crippen LogP contribution in [0.1, 0.15) is 12.2 Å². The van der Waals surface area contributed by atoms with Crippen molar-refractivity contribution in [3.63, 3.8) is 0 Å². The Bertz CT molecular complexity index is 739. The average Bonchev–Trinajstić information content (AvgIpc) is 3.03. The Labute approximate surface area is 129 Å². The van der Waals surface area contributed by atoms with Gasteiger partial charge in [0.05, 0.1) is 23.1 Å². The molecule has 1 N–H and O–H groups in total. The molecule has 1 atom stereocenters. The molecule has 4 nitrogen and oxygen atoms in total. The average molecular weight is 326 g/mol. The predicted octanol–water partition coefficient (Wildman–Crippen LogP) is 2.88. The lowest BCUT2D eigenvalue weighted by atomic mass is 10.2. The topological polar surface area (TPSA) is 59.3 Å². The molecule has 112 valence electrons. The van der Waals surface area contributed by atoms with E-state index in [9.17, 15) is 8.42 Å². The van der Waals surface area contributed by atoms with E-state index in [-0.39, 0.29) is 17.5 Å². The van der Waals surface area contributed by atoms with Crippen LogP contribution in [0.15, 0.2) is 40.8 Å². The maximum atomic E-state index is 11.4. The number of rotatable bonds is 4. The number of hydrogen-bond acceptors (Lipinski definition) is 4. The Morgan fingerprint density at radius 2 is 2.05 bits per heavy atom. The van der Waals surface area contributed by atoms with Gasteiger partial charge in [-0.3, -0.25) is 0 Å². The third-order valence-electron chi connectivity index (χ3n) is 3.60. The summed E-state index contributed by atoms with van der Waals surface area (Å²) in [6, 6.07) is 11.3. The Hall–Kier alpha value is -1.30. The van der Waals surface area contributed by atoms with Crippen LogP contribution < -0.4 is 5.32 Å². The van der Waals surface area contributed by atoms with Crippen LogP contribution in [0.25, 0.3) is 11.3 Å². The van der Waals surface area contributed by atoms with Crippen LogP contribution in [-0.2, 0) is 16.4 Å². The molecule has 0 aliphatic carbocycles. The van der Waals surface area contributed by atoms with E-state index in [4.69, 9.17) is 16.0 Å². The van der Waals surface area contributed by atoms with Crippen molar-refractivity contribution >= 4 is 21.4 Å². The zero-order chi connectivity index (χ0) is 14.9. The van der Waals surface area contributed by atoms with Crippen molar-refractivity contribution in [2.75, 3.05) is 11.5 Å². The van der Waals surface area contributed by atoms with Gasteiger partial charge in [-0.25, -0.2) is 8.42 Å². The molecule has 1 unspecified atom stereocenters. The van der Waals surface area contributed by atoms with Crippen LogP contribution in [0.3, 0.4) is 0 Å². The lowest BCUT2D eigenvalue weighted by Gasteiger charge is -2.08. The normalized spacial score (nSPS) is 20.7. The fourth-order valence-corrected chi connectivity index (χ4v) is 4.42. The second-order valence-corrected chi connectivity index (χ2v) is 7.86. The summed E-state index contributed by atoms with van der Waals surface area (Å²) in [5.74, 6) is 1.98. The van der Waals surface area contributed by atoms with Crippen LogP contribution in [-0.4, -0.2) is 26.0 Å². The smallest absolute Gasteiger partial charge is 0.151 e. The number of hydrogen-bond donors (Lipinski definition) is 1. The maximum Gasteiger partial charge on any atom is 0.151 e. The molecule has 21 heavy (non-hydrogen) atoms. The van der Waals surface area contributed by atoms with Crippen LogP contribution in [0.2, 0.25) is 5.02 Å². The third kappa shape index (κ3) is 3.48. The molecule has 2 heterocycles. The summed E-state index contributed by atoms with van der Waals surface area (Å²) in [7, 11) is -2.85. The molecule has 0 spiro atoms. The molecule has 1 aromatic carbocycles. The number of benzene rings is 1. The standard InChI is InChI=1S/C15H16ClNO3S/c16-14-4-2-1-3-13(14)15-6-5-12(20-15)9-17-11-7-8-21(18,19)10-11/h1-6,11,17H,7-10H2. The minimum Gasteiger partial charge on any atom is -0.460 e. The van der Waals surface area contributed by atoms with Crippen LogP contribution in [0, 0.1) is 0 Å². The Balaban J connectivity index is 1.65. The van der Waals surface area contributed by atoms with Crippen LogP contribution in [0.5, 0.6) is 0 Å².